The van der Waals surface area contributed by atoms with Gasteiger partial charge in [0, 0.05) is 11.6 Å². The lowest BCUT2D eigenvalue weighted by Gasteiger charge is -1.68. The van der Waals surface area contributed by atoms with Gasteiger partial charge in [0.25, 0.3) is 0 Å². The molecule has 0 saturated heterocycles. The molecule has 0 aromatic carbocycles. The average molecular weight is 237 g/mol. The van der Waals surface area contributed by atoms with Gasteiger partial charge < -0.3 is 22.9 Å². The number of aromatic nitrogens is 1. The summed E-state index contributed by atoms with van der Waals surface area (Å²) < 4.78 is 0. The van der Waals surface area contributed by atoms with Crippen LogP contribution in [0, 0.1) is 0 Å². The molecule has 13 heavy (non-hydrogen) atoms. The number of hydrogen-bond donors (Lipinski definition) is 4. The van der Waals surface area contributed by atoms with Crippen molar-refractivity contribution in [3.8, 4) is 0 Å². The van der Waals surface area contributed by atoms with Crippen molar-refractivity contribution in [3.63, 3.8) is 0 Å². The zero-order valence-corrected chi connectivity index (χ0v) is 9.16. The zero-order chi connectivity index (χ0) is 10.7. The summed E-state index contributed by atoms with van der Waals surface area (Å²) in [6, 6.07) is 0. The van der Waals surface area contributed by atoms with E-state index in [1.165, 1.54) is 0 Å². The second kappa shape index (κ2) is 11.0. The lowest BCUT2D eigenvalue weighted by molar-refractivity contribution is 1.43. The number of rotatable bonds is 0. The van der Waals surface area contributed by atoms with Gasteiger partial charge in [-0.1, -0.05) is 0 Å². The normalized spacial score (nSPS) is 6.77. The molecule has 0 fully saturated rings. The second-order valence-electron chi connectivity index (χ2n) is 1.48. The minimum Gasteiger partial charge on any atom is -0.377 e. The van der Waals surface area contributed by atoms with Gasteiger partial charge in [0.05, 0.1) is 5.51 Å². The van der Waals surface area contributed by atoms with Crippen molar-refractivity contribution < 1.29 is 0 Å². The fourth-order valence-corrected chi connectivity index (χ4v) is 0.527. The van der Waals surface area contributed by atoms with Gasteiger partial charge in [-0.25, -0.2) is 0 Å². The van der Waals surface area contributed by atoms with E-state index in [1.54, 1.807) is 23.0 Å². The molecule has 1 aromatic heterocycles. The van der Waals surface area contributed by atoms with Crippen LogP contribution in [0.25, 0.3) is 0 Å². The summed E-state index contributed by atoms with van der Waals surface area (Å²) in [4.78, 5) is 3.74. The van der Waals surface area contributed by atoms with Crippen LogP contribution in [0.3, 0.4) is 0 Å². The number of hydrogen-bond acceptors (Lipinski definition) is 4. The van der Waals surface area contributed by atoms with Crippen LogP contribution in [-0.2, 0) is 0 Å². The highest BCUT2D eigenvalue weighted by atomic mass is 32.1. The monoisotopic (exact) mass is 237 g/mol. The minimum absolute atomic E-state index is 0.000000000000000222. The molecule has 8 heteroatoms. The lowest BCUT2D eigenvalue weighted by Crippen LogP contribution is -2.18. The fraction of sp³-hybridized carbons (Fsp3) is 0. The first kappa shape index (κ1) is 14.5. The van der Waals surface area contributed by atoms with Gasteiger partial charge in [-0.05, 0) is 24.4 Å². The molecule has 1 aromatic rings. The Morgan fingerprint density at radius 2 is 1.46 bits per heavy atom. The molecule has 0 aliphatic carbocycles. The van der Waals surface area contributed by atoms with Crippen LogP contribution in [0.2, 0.25) is 0 Å². The molecule has 1 heterocycles. The Labute approximate surface area is 91.1 Å². The van der Waals surface area contributed by atoms with E-state index in [0.29, 0.717) is 0 Å². The predicted octanol–water partition coefficient (Wildman–Crippen LogP) is -0.480. The maximum atomic E-state index is 4.62. The lowest BCUT2D eigenvalue weighted by atomic mass is 11.0. The maximum absolute atomic E-state index is 4.62. The Balaban J connectivity index is 0. The van der Waals surface area contributed by atoms with Gasteiger partial charge in [0.15, 0.2) is 10.2 Å². The van der Waals surface area contributed by atoms with Crippen molar-refractivity contribution in [1.29, 1.82) is 0 Å². The molecule has 74 valence electrons. The van der Waals surface area contributed by atoms with Crippen molar-refractivity contribution in [3.05, 3.63) is 17.1 Å². The largest absolute Gasteiger partial charge is 0.377 e. The SMILES string of the molecule is NC(N)=S.NC(N)=S.c1cscn1. The molecule has 0 bridgehead atoms. The molecule has 0 amide bonds. The first-order chi connectivity index (χ1) is 5.96. The van der Waals surface area contributed by atoms with Crippen LogP contribution in [-0.4, -0.2) is 15.2 Å². The van der Waals surface area contributed by atoms with Gasteiger partial charge in [-0.2, -0.15) is 0 Å². The Kier molecular flexibility index (Phi) is 12.3. The molecule has 0 radical (unpaired) electrons. The Bertz CT molecular complexity index is 185. The summed E-state index contributed by atoms with van der Waals surface area (Å²) in [5.74, 6) is 0. The molecule has 0 saturated carbocycles. The number of nitrogens with zero attached hydrogens (tertiary/aromatic N) is 1. The molecular weight excluding hydrogens is 226 g/mol. The second-order valence-corrected chi connectivity index (χ2v) is 3.18. The zero-order valence-electron chi connectivity index (χ0n) is 6.71. The van der Waals surface area contributed by atoms with Gasteiger partial charge in [-0.3, -0.25) is 4.98 Å². The minimum atomic E-state index is 0.000000000000000222. The number of thiazole rings is 1. The van der Waals surface area contributed by atoms with Crippen LogP contribution in [0.5, 0.6) is 0 Å². The van der Waals surface area contributed by atoms with Crippen molar-refractivity contribution in [2.75, 3.05) is 0 Å². The summed E-state index contributed by atoms with van der Waals surface area (Å²) in [5, 5.41) is 1.93. The molecule has 0 atom stereocenters. The Morgan fingerprint density at radius 1 is 1.08 bits per heavy atom. The van der Waals surface area contributed by atoms with Crippen LogP contribution in [0.4, 0.5) is 0 Å². The predicted molar refractivity (Wildman–Crippen MR) is 64.1 cm³/mol. The molecule has 0 aliphatic heterocycles. The Hall–Kier alpha value is -0.990. The number of nitrogens with two attached hydrogens (primary N) is 4. The molecule has 0 unspecified atom stereocenters. The topological polar surface area (TPSA) is 117 Å². The number of thiocarbonyl (C=S) groups is 2. The van der Waals surface area contributed by atoms with Crippen molar-refractivity contribution in [1.82, 2.24) is 4.98 Å². The van der Waals surface area contributed by atoms with Gasteiger partial charge >= 0.3 is 0 Å². The smallest absolute Gasteiger partial charge is 0.160 e. The molecule has 8 N–H and O–H groups in total. The van der Waals surface area contributed by atoms with Crippen LogP contribution in [0.15, 0.2) is 17.1 Å². The van der Waals surface area contributed by atoms with Gasteiger partial charge in [0.2, 0.25) is 0 Å². The van der Waals surface area contributed by atoms with E-state index >= 15 is 0 Å². The van der Waals surface area contributed by atoms with E-state index in [1.807, 2.05) is 5.38 Å². The van der Waals surface area contributed by atoms with E-state index in [0.717, 1.165) is 0 Å². The van der Waals surface area contributed by atoms with E-state index in [4.69, 9.17) is 0 Å². The summed E-state index contributed by atoms with van der Waals surface area (Å²) in [7, 11) is 0. The van der Waals surface area contributed by atoms with Crippen molar-refractivity contribution in [2.24, 2.45) is 22.9 Å². The standard InChI is InChI=1S/C3H3NS.2CH4N2S/c1-2-5-3-4-1;2*2-1(3)4/h1-3H;2*(H4,2,3,4). The highest BCUT2D eigenvalue weighted by molar-refractivity contribution is 7.80. The summed E-state index contributed by atoms with van der Waals surface area (Å²) in [5.41, 5.74) is 20.3. The quantitative estimate of drug-likeness (QED) is 0.450. The molecule has 0 aliphatic rings. The van der Waals surface area contributed by atoms with Gasteiger partial charge in [0.1, 0.15) is 0 Å². The highest BCUT2D eigenvalue weighted by Crippen LogP contribution is 1.85. The molecule has 1 rings (SSSR count). The average Bonchev–Trinajstić information content (AvgIpc) is 2.35. The van der Waals surface area contributed by atoms with E-state index in [9.17, 15) is 0 Å². The van der Waals surface area contributed by atoms with Crippen molar-refractivity contribution >= 4 is 46.0 Å². The van der Waals surface area contributed by atoms with Crippen LogP contribution in [0.1, 0.15) is 0 Å². The maximum Gasteiger partial charge on any atom is 0.160 e. The summed E-state index contributed by atoms with van der Waals surface area (Å²) in [6.45, 7) is 0. The first-order valence-corrected chi connectivity index (χ1v) is 4.64. The van der Waals surface area contributed by atoms with E-state index < -0.39 is 0 Å². The van der Waals surface area contributed by atoms with Crippen molar-refractivity contribution in [2.45, 2.75) is 0 Å². The molecule has 0 spiro atoms. The Morgan fingerprint density at radius 3 is 1.54 bits per heavy atom. The van der Waals surface area contributed by atoms with Crippen LogP contribution >= 0.6 is 35.8 Å². The third-order valence-electron chi connectivity index (χ3n) is 0.347. The fourth-order valence-electron chi connectivity index (χ4n) is 0.176. The van der Waals surface area contributed by atoms with Gasteiger partial charge in [-0.15, -0.1) is 11.3 Å². The summed E-state index contributed by atoms with van der Waals surface area (Å²) >= 11 is 9.79. The molecular formula is C5H11N5S3. The van der Waals surface area contributed by atoms with E-state index in [-0.39, 0.29) is 10.2 Å². The van der Waals surface area contributed by atoms with Crippen LogP contribution < -0.4 is 22.9 Å². The third-order valence-corrected chi connectivity index (χ3v) is 0.869. The molecule has 5 nitrogen and oxygen atoms in total. The first-order valence-electron chi connectivity index (χ1n) is 2.88. The highest BCUT2D eigenvalue weighted by Gasteiger charge is 1.59. The van der Waals surface area contributed by atoms with E-state index in [2.05, 4.69) is 52.4 Å². The third kappa shape index (κ3) is 55.6. The summed E-state index contributed by atoms with van der Waals surface area (Å²) in [6.07, 6.45) is 1.77.